The fourth-order valence-corrected chi connectivity index (χ4v) is 1.78. The van der Waals surface area contributed by atoms with E-state index in [9.17, 15) is 18.0 Å². The standard InChI is InChI=1S/C8H6BrF3N4O/c1-2-3-13-7-14-5(8(10,11)12)4(9)6(17)16(7)15-3/h2H2,1H3,(H,13,14,15). The minimum Gasteiger partial charge on any atom is -0.275 e. The number of H-pyrrole nitrogens is 1. The molecule has 2 aromatic heterocycles. The summed E-state index contributed by atoms with van der Waals surface area (Å²) in [4.78, 5) is 18.7. The first-order valence-corrected chi connectivity index (χ1v) is 5.38. The van der Waals surface area contributed by atoms with Crippen LogP contribution in [0, 0.1) is 0 Å². The highest BCUT2D eigenvalue weighted by Crippen LogP contribution is 2.31. The van der Waals surface area contributed by atoms with Gasteiger partial charge < -0.3 is 0 Å². The number of fused-ring (bicyclic) bond motifs is 1. The lowest BCUT2D eigenvalue weighted by Gasteiger charge is -2.06. The van der Waals surface area contributed by atoms with Crippen molar-refractivity contribution in [2.75, 3.05) is 0 Å². The number of aromatic nitrogens is 4. The first-order chi connectivity index (χ1) is 7.84. The van der Waals surface area contributed by atoms with Gasteiger partial charge in [-0.1, -0.05) is 6.92 Å². The van der Waals surface area contributed by atoms with E-state index in [2.05, 4.69) is 31.0 Å². The first kappa shape index (κ1) is 12.1. The predicted octanol–water partition coefficient (Wildman–Crippen LogP) is 1.76. The molecule has 17 heavy (non-hydrogen) atoms. The number of halogens is 4. The summed E-state index contributed by atoms with van der Waals surface area (Å²) in [5, 5.41) is 2.57. The Labute approximate surface area is 101 Å². The van der Waals surface area contributed by atoms with E-state index < -0.39 is 21.9 Å². The minimum absolute atomic E-state index is 0.289. The van der Waals surface area contributed by atoms with Crippen LogP contribution >= 0.6 is 15.9 Å². The number of hydrogen-bond acceptors (Lipinski definition) is 3. The number of nitrogens with zero attached hydrogens (tertiary/aromatic N) is 3. The van der Waals surface area contributed by atoms with Gasteiger partial charge in [0.1, 0.15) is 10.3 Å². The van der Waals surface area contributed by atoms with Crippen LogP contribution in [0.25, 0.3) is 5.78 Å². The van der Waals surface area contributed by atoms with Gasteiger partial charge in [0.25, 0.3) is 11.3 Å². The molecule has 9 heteroatoms. The highest BCUT2D eigenvalue weighted by atomic mass is 79.9. The quantitative estimate of drug-likeness (QED) is 0.873. The normalized spacial score (nSPS) is 12.3. The van der Waals surface area contributed by atoms with Crippen LogP contribution in [0.2, 0.25) is 0 Å². The van der Waals surface area contributed by atoms with Gasteiger partial charge in [-0.2, -0.15) is 22.7 Å². The Hall–Kier alpha value is -1.38. The summed E-state index contributed by atoms with van der Waals surface area (Å²) in [5.74, 6) is 0.100. The molecule has 0 aliphatic heterocycles. The van der Waals surface area contributed by atoms with Crippen LogP contribution in [0.5, 0.6) is 0 Å². The minimum atomic E-state index is -4.70. The largest absolute Gasteiger partial charge is 0.434 e. The molecule has 2 aromatic rings. The van der Waals surface area contributed by atoms with Gasteiger partial charge in [0.05, 0.1) is 0 Å². The fraction of sp³-hybridized carbons (Fsp3) is 0.375. The Kier molecular flexibility index (Phi) is 2.72. The van der Waals surface area contributed by atoms with Crippen LogP contribution in [0.4, 0.5) is 13.2 Å². The molecule has 0 fully saturated rings. The van der Waals surface area contributed by atoms with Crippen molar-refractivity contribution in [1.29, 1.82) is 0 Å². The second-order valence-electron chi connectivity index (χ2n) is 3.24. The van der Waals surface area contributed by atoms with Gasteiger partial charge >= 0.3 is 6.18 Å². The lowest BCUT2D eigenvalue weighted by molar-refractivity contribution is -0.141. The Morgan fingerprint density at radius 3 is 2.59 bits per heavy atom. The number of hydrogen-bond donors (Lipinski definition) is 1. The molecule has 1 N–H and O–H groups in total. The first-order valence-electron chi connectivity index (χ1n) is 4.59. The van der Waals surface area contributed by atoms with Gasteiger partial charge in [0.15, 0.2) is 5.69 Å². The number of rotatable bonds is 1. The molecule has 0 bridgehead atoms. The SMILES string of the molecule is CCc1nc2nc(C(F)(F)F)c(Br)c(=O)n2[nH]1. The van der Waals surface area contributed by atoms with Gasteiger partial charge in [-0.3, -0.25) is 9.89 Å². The van der Waals surface area contributed by atoms with Crippen molar-refractivity contribution < 1.29 is 13.2 Å². The van der Waals surface area contributed by atoms with Gasteiger partial charge in [-0.25, -0.2) is 4.98 Å². The molecule has 5 nitrogen and oxygen atoms in total. The van der Waals surface area contributed by atoms with Crippen LogP contribution in [-0.2, 0) is 12.6 Å². The molecule has 0 aliphatic rings. The molecular formula is C8H6BrF3N4O. The van der Waals surface area contributed by atoms with E-state index in [0.717, 1.165) is 4.52 Å². The lowest BCUT2D eigenvalue weighted by Crippen LogP contribution is -2.22. The summed E-state index contributed by atoms with van der Waals surface area (Å²) in [6.07, 6.45) is -4.24. The third kappa shape index (κ3) is 1.94. The Bertz CT molecular complexity index is 630. The Balaban J connectivity index is 2.82. The summed E-state index contributed by atoms with van der Waals surface area (Å²) < 4.78 is 37.9. The third-order valence-corrected chi connectivity index (χ3v) is 2.80. The van der Waals surface area contributed by atoms with Crippen LogP contribution in [0.3, 0.4) is 0 Å². The van der Waals surface area contributed by atoms with E-state index in [-0.39, 0.29) is 5.78 Å². The molecule has 0 aromatic carbocycles. The number of alkyl halides is 3. The summed E-state index contributed by atoms with van der Waals surface area (Å²) in [5.41, 5.74) is -2.13. The molecule has 2 rings (SSSR count). The second kappa shape index (κ2) is 3.83. The summed E-state index contributed by atoms with van der Waals surface area (Å²) in [6, 6.07) is 0. The molecule has 0 radical (unpaired) electrons. The van der Waals surface area contributed by atoms with E-state index in [0.29, 0.717) is 12.2 Å². The van der Waals surface area contributed by atoms with Crippen molar-refractivity contribution >= 4 is 21.7 Å². The third-order valence-electron chi connectivity index (χ3n) is 2.09. The van der Waals surface area contributed by atoms with Crippen molar-refractivity contribution in [1.82, 2.24) is 19.6 Å². The number of nitrogens with one attached hydrogen (secondary N) is 1. The molecule has 92 valence electrons. The second-order valence-corrected chi connectivity index (χ2v) is 4.03. The maximum absolute atomic E-state index is 12.6. The van der Waals surface area contributed by atoms with Crippen molar-refractivity contribution in [2.45, 2.75) is 19.5 Å². The van der Waals surface area contributed by atoms with Gasteiger partial charge in [-0.15, -0.1) is 0 Å². The highest BCUT2D eigenvalue weighted by molar-refractivity contribution is 9.10. The topological polar surface area (TPSA) is 63.1 Å². The zero-order valence-corrected chi connectivity index (χ0v) is 10.1. The van der Waals surface area contributed by atoms with Gasteiger partial charge in [-0.05, 0) is 15.9 Å². The van der Waals surface area contributed by atoms with Crippen LogP contribution in [0.15, 0.2) is 9.27 Å². The molecule has 0 atom stereocenters. The molecule has 0 unspecified atom stereocenters. The van der Waals surface area contributed by atoms with Crippen molar-refractivity contribution in [3.63, 3.8) is 0 Å². The van der Waals surface area contributed by atoms with E-state index >= 15 is 0 Å². The molecule has 2 heterocycles. The van der Waals surface area contributed by atoms with Crippen LogP contribution in [-0.4, -0.2) is 19.6 Å². The monoisotopic (exact) mass is 310 g/mol. The molecular weight excluding hydrogens is 305 g/mol. The molecule has 0 aliphatic carbocycles. The van der Waals surface area contributed by atoms with E-state index in [4.69, 9.17) is 0 Å². The average molecular weight is 311 g/mol. The van der Waals surface area contributed by atoms with E-state index in [1.807, 2.05) is 0 Å². The smallest absolute Gasteiger partial charge is 0.275 e. The molecule has 0 saturated heterocycles. The van der Waals surface area contributed by atoms with Crippen LogP contribution in [0.1, 0.15) is 18.4 Å². The molecule has 0 spiro atoms. The summed E-state index contributed by atoms with van der Waals surface area (Å²) in [7, 11) is 0. The van der Waals surface area contributed by atoms with Crippen molar-refractivity contribution in [3.05, 3.63) is 26.3 Å². The van der Waals surface area contributed by atoms with Gasteiger partial charge in [0, 0.05) is 6.42 Å². The van der Waals surface area contributed by atoms with Crippen molar-refractivity contribution in [3.8, 4) is 0 Å². The fourth-order valence-electron chi connectivity index (χ4n) is 1.29. The number of aryl methyl sites for hydroxylation is 1. The van der Waals surface area contributed by atoms with Crippen molar-refractivity contribution in [2.24, 2.45) is 0 Å². The highest BCUT2D eigenvalue weighted by Gasteiger charge is 2.37. The average Bonchev–Trinajstić information content (AvgIpc) is 2.65. The molecule has 0 amide bonds. The van der Waals surface area contributed by atoms with E-state index in [1.54, 1.807) is 6.92 Å². The van der Waals surface area contributed by atoms with Crippen LogP contribution < -0.4 is 5.56 Å². The Morgan fingerprint density at radius 2 is 2.06 bits per heavy atom. The maximum Gasteiger partial charge on any atom is 0.434 e. The van der Waals surface area contributed by atoms with E-state index in [1.165, 1.54) is 0 Å². The summed E-state index contributed by atoms with van der Waals surface area (Å²) >= 11 is 2.60. The lowest BCUT2D eigenvalue weighted by atomic mass is 10.4. The maximum atomic E-state index is 12.6. The summed E-state index contributed by atoms with van der Waals surface area (Å²) in [6.45, 7) is 1.75. The molecule has 0 saturated carbocycles. The predicted molar refractivity (Wildman–Crippen MR) is 55.7 cm³/mol. The Morgan fingerprint density at radius 1 is 1.41 bits per heavy atom. The zero-order chi connectivity index (χ0) is 12.8. The number of aromatic amines is 1. The van der Waals surface area contributed by atoms with Gasteiger partial charge in [0.2, 0.25) is 0 Å². The zero-order valence-electron chi connectivity index (χ0n) is 8.47.